The summed E-state index contributed by atoms with van der Waals surface area (Å²) < 4.78 is 0. The summed E-state index contributed by atoms with van der Waals surface area (Å²) in [7, 11) is 0. The Morgan fingerprint density at radius 3 is 2.58 bits per heavy atom. The van der Waals surface area contributed by atoms with E-state index in [2.05, 4.69) is 0 Å². The number of urea groups is 1. The van der Waals surface area contributed by atoms with Gasteiger partial charge < -0.3 is 25.1 Å². The van der Waals surface area contributed by atoms with Crippen molar-refractivity contribution in [2.75, 3.05) is 26.2 Å². The number of hydrogen-bond acceptors (Lipinski definition) is 4. The Balaban J connectivity index is 2.73. The van der Waals surface area contributed by atoms with Crippen LogP contribution in [0.2, 0.25) is 0 Å². The number of aliphatic hydroxyl groups excluding tert-OH is 2. The molecule has 1 fully saturated rings. The number of nitrogens with zero attached hydrogens (tertiary/aromatic N) is 2. The van der Waals surface area contributed by atoms with E-state index in [9.17, 15) is 14.7 Å². The molecule has 0 aromatic heterocycles. The van der Waals surface area contributed by atoms with Crippen LogP contribution in [-0.4, -0.2) is 75.5 Å². The number of amides is 2. The highest BCUT2D eigenvalue weighted by molar-refractivity contribution is 5.83. The zero-order valence-electron chi connectivity index (χ0n) is 11.2. The van der Waals surface area contributed by atoms with Gasteiger partial charge in [-0.1, -0.05) is 13.3 Å². The number of aliphatic carboxylic acids is 1. The van der Waals surface area contributed by atoms with Gasteiger partial charge in [-0.2, -0.15) is 0 Å². The molecule has 2 atom stereocenters. The van der Waals surface area contributed by atoms with Crippen LogP contribution in [0, 0.1) is 0 Å². The predicted octanol–water partition coefficient (Wildman–Crippen LogP) is -0.279. The van der Waals surface area contributed by atoms with Crippen molar-refractivity contribution in [2.45, 2.75) is 38.3 Å². The minimum atomic E-state index is -1.11. The number of carbonyl (C=O) groups is 2. The highest BCUT2D eigenvalue weighted by Crippen LogP contribution is 2.20. The summed E-state index contributed by atoms with van der Waals surface area (Å²) in [6, 6.07) is -1.41. The lowest BCUT2D eigenvalue weighted by molar-refractivity contribution is -0.141. The van der Waals surface area contributed by atoms with Gasteiger partial charge in [0.05, 0.1) is 12.7 Å². The highest BCUT2D eigenvalue weighted by Gasteiger charge is 2.40. The number of carbonyl (C=O) groups excluding carboxylic acids is 1. The standard InChI is InChI=1S/C12H22N2O5/c1-2-3-4-13(5-6-15)12(19)14-8-9(16)7-10(14)11(17)18/h9-10,15-16H,2-8H2,1H3,(H,17,18)/t9-,10-/m1/s1. The fourth-order valence-electron chi connectivity index (χ4n) is 2.21. The van der Waals surface area contributed by atoms with Crippen LogP contribution < -0.4 is 0 Å². The second kappa shape index (κ2) is 7.30. The van der Waals surface area contributed by atoms with Crippen LogP contribution in [0.1, 0.15) is 26.2 Å². The van der Waals surface area contributed by atoms with Gasteiger partial charge in [-0.3, -0.25) is 0 Å². The second-order valence-corrected chi connectivity index (χ2v) is 4.74. The number of unbranched alkanes of at least 4 members (excludes halogenated alkanes) is 1. The van der Waals surface area contributed by atoms with Gasteiger partial charge in [0, 0.05) is 26.1 Å². The zero-order chi connectivity index (χ0) is 14.4. The van der Waals surface area contributed by atoms with E-state index in [4.69, 9.17) is 10.2 Å². The normalized spacial score (nSPS) is 22.6. The van der Waals surface area contributed by atoms with Crippen molar-refractivity contribution in [1.82, 2.24) is 9.80 Å². The van der Waals surface area contributed by atoms with Gasteiger partial charge in [0.15, 0.2) is 0 Å². The topological polar surface area (TPSA) is 101 Å². The second-order valence-electron chi connectivity index (χ2n) is 4.74. The molecule has 1 heterocycles. The van der Waals surface area contributed by atoms with Gasteiger partial charge in [-0.15, -0.1) is 0 Å². The summed E-state index contributed by atoms with van der Waals surface area (Å²) in [4.78, 5) is 26.0. The summed E-state index contributed by atoms with van der Waals surface area (Å²) in [6.45, 7) is 2.52. The van der Waals surface area contributed by atoms with E-state index in [0.717, 1.165) is 12.8 Å². The molecule has 0 aromatic rings. The molecule has 1 aliphatic heterocycles. The minimum Gasteiger partial charge on any atom is -0.480 e. The molecule has 110 valence electrons. The van der Waals surface area contributed by atoms with Crippen molar-refractivity contribution in [1.29, 1.82) is 0 Å². The van der Waals surface area contributed by atoms with E-state index in [1.165, 1.54) is 9.80 Å². The monoisotopic (exact) mass is 274 g/mol. The molecule has 1 saturated heterocycles. The van der Waals surface area contributed by atoms with Crippen molar-refractivity contribution >= 4 is 12.0 Å². The Bertz CT molecular complexity index is 323. The molecule has 1 aliphatic rings. The molecule has 0 bridgehead atoms. The van der Waals surface area contributed by atoms with Gasteiger partial charge >= 0.3 is 12.0 Å². The van der Waals surface area contributed by atoms with Crippen LogP contribution in [0.15, 0.2) is 0 Å². The molecule has 2 amide bonds. The van der Waals surface area contributed by atoms with Crippen LogP contribution in [0.3, 0.4) is 0 Å². The molecule has 7 heteroatoms. The van der Waals surface area contributed by atoms with E-state index < -0.39 is 24.1 Å². The summed E-state index contributed by atoms with van der Waals surface area (Å²) in [5, 5.41) is 27.6. The van der Waals surface area contributed by atoms with Crippen molar-refractivity contribution < 1.29 is 24.9 Å². The van der Waals surface area contributed by atoms with E-state index in [0.29, 0.717) is 6.54 Å². The zero-order valence-corrected chi connectivity index (χ0v) is 11.2. The van der Waals surface area contributed by atoms with Crippen molar-refractivity contribution in [3.8, 4) is 0 Å². The van der Waals surface area contributed by atoms with E-state index >= 15 is 0 Å². The Morgan fingerprint density at radius 2 is 2.05 bits per heavy atom. The smallest absolute Gasteiger partial charge is 0.326 e. The minimum absolute atomic E-state index is 0.0316. The third kappa shape index (κ3) is 4.07. The van der Waals surface area contributed by atoms with Gasteiger partial charge in [0.25, 0.3) is 0 Å². The first-order valence-electron chi connectivity index (χ1n) is 6.58. The first-order chi connectivity index (χ1) is 9.01. The van der Waals surface area contributed by atoms with Crippen LogP contribution >= 0.6 is 0 Å². The number of aliphatic hydroxyl groups is 2. The average molecular weight is 274 g/mol. The predicted molar refractivity (Wildman–Crippen MR) is 67.7 cm³/mol. The molecular weight excluding hydrogens is 252 g/mol. The van der Waals surface area contributed by atoms with Gasteiger partial charge in [0.2, 0.25) is 0 Å². The Hall–Kier alpha value is -1.34. The maximum Gasteiger partial charge on any atom is 0.326 e. The van der Waals surface area contributed by atoms with Crippen molar-refractivity contribution in [2.24, 2.45) is 0 Å². The average Bonchev–Trinajstić information content (AvgIpc) is 2.76. The summed E-state index contributed by atoms with van der Waals surface area (Å²) in [5.74, 6) is -1.11. The summed E-state index contributed by atoms with van der Waals surface area (Å²) >= 11 is 0. The number of rotatable bonds is 6. The third-order valence-corrected chi connectivity index (χ3v) is 3.23. The first kappa shape index (κ1) is 15.7. The fourth-order valence-corrected chi connectivity index (χ4v) is 2.21. The molecule has 0 spiro atoms. The first-order valence-corrected chi connectivity index (χ1v) is 6.58. The van der Waals surface area contributed by atoms with Crippen LogP contribution in [0.25, 0.3) is 0 Å². The van der Waals surface area contributed by atoms with E-state index in [-0.39, 0.29) is 26.1 Å². The Morgan fingerprint density at radius 1 is 1.37 bits per heavy atom. The molecule has 0 saturated carbocycles. The highest BCUT2D eigenvalue weighted by atomic mass is 16.4. The molecule has 0 aromatic carbocycles. The summed E-state index contributed by atoms with van der Waals surface area (Å²) in [5.41, 5.74) is 0. The number of carboxylic acids is 1. The number of carboxylic acid groups (broad SMARTS) is 1. The van der Waals surface area contributed by atoms with Crippen molar-refractivity contribution in [3.05, 3.63) is 0 Å². The number of hydrogen-bond donors (Lipinski definition) is 3. The van der Waals surface area contributed by atoms with Crippen LogP contribution in [0.5, 0.6) is 0 Å². The largest absolute Gasteiger partial charge is 0.480 e. The van der Waals surface area contributed by atoms with Crippen LogP contribution in [0.4, 0.5) is 4.79 Å². The molecule has 19 heavy (non-hydrogen) atoms. The lowest BCUT2D eigenvalue weighted by atomic mass is 10.2. The molecule has 3 N–H and O–H groups in total. The molecular formula is C12H22N2O5. The number of likely N-dealkylation sites (tertiary alicyclic amines) is 1. The fraction of sp³-hybridized carbons (Fsp3) is 0.833. The lowest BCUT2D eigenvalue weighted by Crippen LogP contribution is -2.49. The SMILES string of the molecule is CCCCN(CCO)C(=O)N1C[C@H](O)C[C@@H]1C(=O)O. The summed E-state index contributed by atoms with van der Waals surface area (Å²) in [6.07, 6.45) is 0.953. The van der Waals surface area contributed by atoms with Gasteiger partial charge in [-0.25, -0.2) is 9.59 Å². The Kier molecular flexibility index (Phi) is 6.04. The van der Waals surface area contributed by atoms with Crippen molar-refractivity contribution in [3.63, 3.8) is 0 Å². The molecule has 0 aliphatic carbocycles. The van der Waals surface area contributed by atoms with Gasteiger partial charge in [0.1, 0.15) is 6.04 Å². The quantitative estimate of drug-likeness (QED) is 0.618. The maximum absolute atomic E-state index is 12.3. The molecule has 0 unspecified atom stereocenters. The molecule has 7 nitrogen and oxygen atoms in total. The van der Waals surface area contributed by atoms with Crippen LogP contribution in [-0.2, 0) is 4.79 Å². The maximum atomic E-state index is 12.3. The number of β-amino-alcohol motifs (C(OH)–C–C–N with tert-alkyl or cyclic N) is 1. The Labute approximate surface area is 112 Å². The van der Waals surface area contributed by atoms with Gasteiger partial charge in [-0.05, 0) is 6.42 Å². The lowest BCUT2D eigenvalue weighted by Gasteiger charge is -2.29. The van der Waals surface area contributed by atoms with E-state index in [1.54, 1.807) is 0 Å². The van der Waals surface area contributed by atoms with E-state index in [1.807, 2.05) is 6.92 Å². The molecule has 0 radical (unpaired) electrons. The molecule has 1 rings (SSSR count). The third-order valence-electron chi connectivity index (χ3n) is 3.23.